The molecular weight excluding hydrogens is 288 g/mol. The molecule has 1 aliphatic heterocycles. The number of nitrogens with zero attached hydrogens (tertiary/aromatic N) is 1. The third kappa shape index (κ3) is 4.36. The van der Waals surface area contributed by atoms with Gasteiger partial charge in [0, 0.05) is 13.1 Å². The number of hydrogen-bond acceptors (Lipinski definition) is 4. The van der Waals surface area contributed by atoms with Gasteiger partial charge >= 0.3 is 12.0 Å². The van der Waals surface area contributed by atoms with E-state index in [4.69, 9.17) is 14.6 Å². The zero-order valence-electron chi connectivity index (χ0n) is 12.4. The average molecular weight is 308 g/mol. The molecule has 1 heterocycles. The van der Waals surface area contributed by atoms with E-state index in [0.29, 0.717) is 19.7 Å². The molecule has 1 aromatic rings. The van der Waals surface area contributed by atoms with E-state index in [1.54, 1.807) is 12.0 Å². The van der Waals surface area contributed by atoms with E-state index in [1.165, 1.54) is 0 Å². The number of carbonyl (C=O) groups excluding carboxylic acids is 1. The van der Waals surface area contributed by atoms with Gasteiger partial charge in [-0.05, 0) is 17.7 Å². The van der Waals surface area contributed by atoms with Gasteiger partial charge in [-0.2, -0.15) is 0 Å². The van der Waals surface area contributed by atoms with Crippen LogP contribution in [0.3, 0.4) is 0 Å². The van der Waals surface area contributed by atoms with Gasteiger partial charge < -0.3 is 24.8 Å². The molecule has 0 spiro atoms. The van der Waals surface area contributed by atoms with E-state index >= 15 is 0 Å². The lowest BCUT2D eigenvalue weighted by Gasteiger charge is -2.33. The van der Waals surface area contributed by atoms with Crippen LogP contribution in [0.25, 0.3) is 0 Å². The minimum atomic E-state index is -0.934. The van der Waals surface area contributed by atoms with E-state index in [1.807, 2.05) is 24.3 Å². The maximum Gasteiger partial charge on any atom is 0.317 e. The second-order valence-electron chi connectivity index (χ2n) is 4.96. The summed E-state index contributed by atoms with van der Waals surface area (Å²) in [6.45, 7) is 1.47. The second-order valence-corrected chi connectivity index (χ2v) is 4.96. The lowest BCUT2D eigenvalue weighted by molar-refractivity contribution is -0.136. The van der Waals surface area contributed by atoms with Gasteiger partial charge in [0.1, 0.15) is 11.9 Å². The van der Waals surface area contributed by atoms with Crippen LogP contribution in [0.1, 0.15) is 18.1 Å². The summed E-state index contributed by atoms with van der Waals surface area (Å²) in [5, 5.41) is 11.2. The number of carboxylic acid groups (broad SMARTS) is 1. The number of ether oxygens (including phenoxy) is 2. The van der Waals surface area contributed by atoms with Crippen molar-refractivity contribution in [3.8, 4) is 5.75 Å². The zero-order valence-corrected chi connectivity index (χ0v) is 12.4. The predicted molar refractivity (Wildman–Crippen MR) is 78.9 cm³/mol. The van der Waals surface area contributed by atoms with E-state index in [2.05, 4.69) is 5.32 Å². The van der Waals surface area contributed by atoms with E-state index in [0.717, 1.165) is 11.3 Å². The monoisotopic (exact) mass is 308 g/mol. The van der Waals surface area contributed by atoms with Crippen LogP contribution in [0, 0.1) is 0 Å². The van der Waals surface area contributed by atoms with Crippen molar-refractivity contribution in [2.24, 2.45) is 0 Å². The highest BCUT2D eigenvalue weighted by Crippen LogP contribution is 2.25. The zero-order chi connectivity index (χ0) is 15.9. The first-order valence-electron chi connectivity index (χ1n) is 7.10. The number of nitrogens with one attached hydrogen (secondary N) is 1. The molecule has 2 N–H and O–H groups in total. The SMILES string of the molecule is COc1cccc(C2CN(C(=O)NCCC(=O)O)CCO2)c1. The molecule has 7 heteroatoms. The van der Waals surface area contributed by atoms with Crippen molar-refractivity contribution >= 4 is 12.0 Å². The normalized spacial score (nSPS) is 17.9. The van der Waals surface area contributed by atoms with Gasteiger partial charge in [-0.25, -0.2) is 4.79 Å². The largest absolute Gasteiger partial charge is 0.497 e. The molecular formula is C15H20N2O5. The molecule has 0 radical (unpaired) electrons. The van der Waals surface area contributed by atoms with Crippen molar-refractivity contribution in [3.05, 3.63) is 29.8 Å². The van der Waals surface area contributed by atoms with Crippen LogP contribution in [0.5, 0.6) is 5.75 Å². The number of carbonyl (C=O) groups is 2. The molecule has 120 valence electrons. The van der Waals surface area contributed by atoms with Crippen LogP contribution in [-0.4, -0.2) is 55.4 Å². The van der Waals surface area contributed by atoms with E-state index < -0.39 is 5.97 Å². The third-order valence-electron chi connectivity index (χ3n) is 3.43. The van der Waals surface area contributed by atoms with Gasteiger partial charge in [0.25, 0.3) is 0 Å². The number of amides is 2. The summed E-state index contributed by atoms with van der Waals surface area (Å²) in [6, 6.07) is 7.28. The fourth-order valence-electron chi connectivity index (χ4n) is 2.27. The van der Waals surface area contributed by atoms with Crippen LogP contribution in [0.2, 0.25) is 0 Å². The first-order valence-corrected chi connectivity index (χ1v) is 7.10. The lowest BCUT2D eigenvalue weighted by atomic mass is 10.1. The molecule has 0 bridgehead atoms. The van der Waals surface area contributed by atoms with Crippen LogP contribution in [0.15, 0.2) is 24.3 Å². The van der Waals surface area contributed by atoms with Crippen molar-refractivity contribution in [1.82, 2.24) is 10.2 Å². The summed E-state index contributed by atoms with van der Waals surface area (Å²) < 4.78 is 10.9. The highest BCUT2D eigenvalue weighted by Gasteiger charge is 2.25. The van der Waals surface area contributed by atoms with Crippen molar-refractivity contribution in [3.63, 3.8) is 0 Å². The molecule has 7 nitrogen and oxygen atoms in total. The summed E-state index contributed by atoms with van der Waals surface area (Å²) in [7, 11) is 1.60. The Morgan fingerprint density at radius 2 is 2.32 bits per heavy atom. The topological polar surface area (TPSA) is 88.1 Å². The molecule has 1 atom stereocenters. The Kier molecular flexibility index (Phi) is 5.60. The number of hydrogen-bond donors (Lipinski definition) is 2. The van der Waals surface area contributed by atoms with Gasteiger partial charge in [-0.15, -0.1) is 0 Å². The quantitative estimate of drug-likeness (QED) is 0.855. The van der Waals surface area contributed by atoms with Gasteiger partial charge in [0.05, 0.1) is 26.7 Å². The molecule has 2 amide bonds. The molecule has 1 fully saturated rings. The highest BCUT2D eigenvalue weighted by atomic mass is 16.5. The molecule has 1 saturated heterocycles. The molecule has 0 saturated carbocycles. The predicted octanol–water partition coefficient (Wildman–Crippen LogP) is 1.25. The number of methoxy groups -OCH3 is 1. The second kappa shape index (κ2) is 7.65. The Labute approximate surface area is 128 Å². The molecule has 1 unspecified atom stereocenters. The lowest BCUT2D eigenvalue weighted by Crippen LogP contribution is -2.47. The molecule has 1 aliphatic rings. The van der Waals surface area contributed by atoms with Gasteiger partial charge in [0.2, 0.25) is 0 Å². The number of aliphatic carboxylic acids is 1. The van der Waals surface area contributed by atoms with Gasteiger partial charge in [-0.1, -0.05) is 12.1 Å². The number of urea groups is 1. The Bertz CT molecular complexity index is 534. The molecule has 0 aliphatic carbocycles. The van der Waals surface area contributed by atoms with Crippen LogP contribution in [-0.2, 0) is 9.53 Å². The minimum Gasteiger partial charge on any atom is -0.497 e. The molecule has 0 aromatic heterocycles. The summed E-state index contributed by atoms with van der Waals surface area (Å²) in [5.41, 5.74) is 0.947. The van der Waals surface area contributed by atoms with Crippen LogP contribution >= 0.6 is 0 Å². The standard InChI is InChI=1S/C15H20N2O5/c1-21-12-4-2-3-11(9-12)13-10-17(7-8-22-13)15(20)16-6-5-14(18)19/h2-4,9,13H,5-8,10H2,1H3,(H,16,20)(H,18,19). The van der Waals surface area contributed by atoms with Gasteiger partial charge in [0.15, 0.2) is 0 Å². The first-order chi connectivity index (χ1) is 10.6. The Hall–Kier alpha value is -2.28. The van der Waals surface area contributed by atoms with E-state index in [9.17, 15) is 9.59 Å². The van der Waals surface area contributed by atoms with Gasteiger partial charge in [-0.3, -0.25) is 4.79 Å². The van der Waals surface area contributed by atoms with Crippen molar-refractivity contribution < 1.29 is 24.2 Å². The fraction of sp³-hybridized carbons (Fsp3) is 0.467. The molecule has 2 rings (SSSR count). The Morgan fingerprint density at radius 1 is 1.50 bits per heavy atom. The number of rotatable bonds is 5. The molecule has 22 heavy (non-hydrogen) atoms. The third-order valence-corrected chi connectivity index (χ3v) is 3.43. The summed E-state index contributed by atoms with van der Waals surface area (Å²) in [6.07, 6.45) is -0.302. The maximum atomic E-state index is 12.0. The van der Waals surface area contributed by atoms with Crippen molar-refractivity contribution in [2.45, 2.75) is 12.5 Å². The first kappa shape index (κ1) is 16.1. The Balaban J connectivity index is 1.93. The summed E-state index contributed by atoms with van der Waals surface area (Å²) in [5.74, 6) is -0.194. The number of carboxylic acids is 1. The smallest absolute Gasteiger partial charge is 0.317 e. The highest BCUT2D eigenvalue weighted by molar-refractivity contribution is 5.75. The summed E-state index contributed by atoms with van der Waals surface area (Å²) >= 11 is 0. The minimum absolute atomic E-state index is 0.0879. The Morgan fingerprint density at radius 3 is 3.05 bits per heavy atom. The van der Waals surface area contributed by atoms with E-state index in [-0.39, 0.29) is 25.1 Å². The number of morpholine rings is 1. The molecule has 1 aromatic carbocycles. The maximum absolute atomic E-state index is 12.0. The van der Waals surface area contributed by atoms with Crippen LogP contribution < -0.4 is 10.1 Å². The number of benzene rings is 1. The van der Waals surface area contributed by atoms with Crippen molar-refractivity contribution in [1.29, 1.82) is 0 Å². The fourth-order valence-corrected chi connectivity index (χ4v) is 2.27. The average Bonchev–Trinajstić information content (AvgIpc) is 2.54. The summed E-state index contributed by atoms with van der Waals surface area (Å²) in [4.78, 5) is 24.1. The van der Waals surface area contributed by atoms with Crippen LogP contribution in [0.4, 0.5) is 4.79 Å². The van der Waals surface area contributed by atoms with Crippen molar-refractivity contribution in [2.75, 3.05) is 33.4 Å².